The molecule has 2 aliphatic heterocycles. The first-order chi connectivity index (χ1) is 13.4. The molecule has 6 nitrogen and oxygen atoms in total. The molecule has 0 spiro atoms. The van der Waals surface area contributed by atoms with Crippen molar-refractivity contribution in [3.05, 3.63) is 56.1 Å². The summed E-state index contributed by atoms with van der Waals surface area (Å²) in [5, 5.41) is 3.03. The van der Waals surface area contributed by atoms with E-state index < -0.39 is 6.04 Å². The maximum absolute atomic E-state index is 13.1. The van der Waals surface area contributed by atoms with Gasteiger partial charge >= 0.3 is 0 Å². The highest BCUT2D eigenvalue weighted by atomic mass is 32.1. The van der Waals surface area contributed by atoms with Gasteiger partial charge in [-0.25, -0.2) is 0 Å². The van der Waals surface area contributed by atoms with Crippen molar-refractivity contribution < 1.29 is 9.59 Å². The number of hydrogen-bond donors (Lipinski definition) is 1. The maximum Gasteiger partial charge on any atom is 0.251 e. The summed E-state index contributed by atoms with van der Waals surface area (Å²) in [6, 6.07) is 8.78. The number of aryl methyl sites for hydroxylation is 1. The zero-order valence-corrected chi connectivity index (χ0v) is 17.0. The predicted octanol–water partition coefficient (Wildman–Crippen LogP) is 2.08. The summed E-state index contributed by atoms with van der Waals surface area (Å²) in [4.78, 5) is 42.0. The van der Waals surface area contributed by atoms with Crippen molar-refractivity contribution in [2.45, 2.75) is 38.6 Å². The molecule has 0 radical (unpaired) electrons. The van der Waals surface area contributed by atoms with Crippen LogP contribution in [0.4, 0.5) is 0 Å². The van der Waals surface area contributed by atoms with Crippen molar-refractivity contribution in [1.29, 1.82) is 0 Å². The van der Waals surface area contributed by atoms with E-state index >= 15 is 0 Å². The van der Waals surface area contributed by atoms with Crippen LogP contribution in [0, 0.1) is 12.8 Å². The second-order valence-electron chi connectivity index (χ2n) is 7.77. The van der Waals surface area contributed by atoms with Crippen LogP contribution in [-0.2, 0) is 16.0 Å². The largest absolute Gasteiger partial charge is 0.354 e. The lowest BCUT2D eigenvalue weighted by Gasteiger charge is -2.46. The molecule has 1 fully saturated rings. The zero-order valence-electron chi connectivity index (χ0n) is 16.2. The minimum atomic E-state index is -0.563. The average molecular weight is 400 g/mol. The number of nitrogens with one attached hydrogen (secondary N) is 1. The first-order valence-electron chi connectivity index (χ1n) is 9.74. The van der Waals surface area contributed by atoms with Gasteiger partial charge in [-0.15, -0.1) is 11.3 Å². The minimum Gasteiger partial charge on any atom is -0.354 e. The van der Waals surface area contributed by atoms with Crippen molar-refractivity contribution in [2.24, 2.45) is 5.92 Å². The lowest BCUT2D eigenvalue weighted by molar-refractivity contribution is -0.135. The summed E-state index contributed by atoms with van der Waals surface area (Å²) in [5.41, 5.74) is 0.723. The summed E-state index contributed by atoms with van der Waals surface area (Å²) in [6.07, 6.45) is 1.61. The van der Waals surface area contributed by atoms with Gasteiger partial charge in [0.2, 0.25) is 11.8 Å². The lowest BCUT2D eigenvalue weighted by atomic mass is 9.78. The number of rotatable bonds is 4. The monoisotopic (exact) mass is 399 g/mol. The Morgan fingerprint density at radius 3 is 2.75 bits per heavy atom. The quantitative estimate of drug-likeness (QED) is 0.856. The molecular weight excluding hydrogens is 374 g/mol. The number of hydrogen-bond acceptors (Lipinski definition) is 4. The number of fused-ring (bicyclic) bond motifs is 4. The molecule has 148 valence electrons. The number of likely N-dealkylation sites (tertiary alicyclic amines) is 1. The molecule has 0 saturated carbocycles. The third-order valence-electron chi connectivity index (χ3n) is 5.83. The molecule has 2 bridgehead atoms. The molecule has 4 heterocycles. The number of amides is 2. The molecule has 28 heavy (non-hydrogen) atoms. The Labute approximate surface area is 168 Å². The van der Waals surface area contributed by atoms with E-state index in [1.165, 1.54) is 15.8 Å². The molecule has 1 saturated heterocycles. The van der Waals surface area contributed by atoms with Crippen LogP contribution < -0.4 is 10.9 Å². The second-order valence-corrected chi connectivity index (χ2v) is 9.15. The van der Waals surface area contributed by atoms with E-state index in [0.717, 1.165) is 18.5 Å². The molecule has 2 aromatic rings. The fourth-order valence-corrected chi connectivity index (χ4v) is 5.45. The van der Waals surface area contributed by atoms with Crippen molar-refractivity contribution in [3.63, 3.8) is 0 Å². The second kappa shape index (κ2) is 7.54. The van der Waals surface area contributed by atoms with Gasteiger partial charge < -0.3 is 10.2 Å². The number of nitrogens with zero attached hydrogens (tertiary/aromatic N) is 2. The lowest BCUT2D eigenvalue weighted by Crippen LogP contribution is -2.54. The predicted molar refractivity (Wildman–Crippen MR) is 109 cm³/mol. The van der Waals surface area contributed by atoms with Crippen molar-refractivity contribution in [3.8, 4) is 0 Å². The Bertz CT molecular complexity index is 964. The molecular formula is C21H25N3O3S. The van der Waals surface area contributed by atoms with Crippen LogP contribution in [0.3, 0.4) is 0 Å². The number of aromatic nitrogens is 1. The van der Waals surface area contributed by atoms with Gasteiger partial charge in [-0.1, -0.05) is 6.07 Å². The average Bonchev–Trinajstić information content (AvgIpc) is 3.07. The van der Waals surface area contributed by atoms with Gasteiger partial charge in [0, 0.05) is 59.9 Å². The third kappa shape index (κ3) is 3.51. The highest BCUT2D eigenvalue weighted by Crippen LogP contribution is 2.41. The molecule has 2 amide bonds. The number of pyridine rings is 1. The summed E-state index contributed by atoms with van der Waals surface area (Å²) < 4.78 is 1.67. The Kier molecular flexibility index (Phi) is 5.10. The number of carbonyl (C=O) groups excluding carboxylic acids is 2. The fourth-order valence-electron chi connectivity index (χ4n) is 4.56. The number of carbonyl (C=O) groups is 2. The van der Waals surface area contributed by atoms with E-state index in [1.54, 1.807) is 28.9 Å². The number of piperidine rings is 1. The Hall–Kier alpha value is -2.41. The maximum atomic E-state index is 13.1. The molecule has 3 atom stereocenters. The standard InChI is InChI=1S/C21H25N3O3S/c1-13-6-7-17(28-13)8-9-22-21(27)20-16-10-15(11-23(12-16)14(2)25)18-4-3-5-19(26)24(18)20/h3-7,15-16,20H,8-12H2,1-2H3,(H,22,27)/t15-,16+,20-/m1/s1. The van der Waals surface area contributed by atoms with Gasteiger partial charge in [-0.2, -0.15) is 0 Å². The smallest absolute Gasteiger partial charge is 0.251 e. The van der Waals surface area contributed by atoms with Gasteiger partial charge in [-0.05, 0) is 38.0 Å². The Balaban J connectivity index is 1.57. The van der Waals surface area contributed by atoms with Crippen molar-refractivity contribution in [2.75, 3.05) is 19.6 Å². The Morgan fingerprint density at radius 1 is 1.21 bits per heavy atom. The minimum absolute atomic E-state index is 0.0219. The molecule has 2 aliphatic rings. The SMILES string of the molecule is CC(=O)N1C[C@H]2C[C@@H](C1)[C@H](C(=O)NCCc1ccc(C)s1)n1c2cccc1=O. The molecule has 0 unspecified atom stereocenters. The first-order valence-corrected chi connectivity index (χ1v) is 10.6. The van der Waals surface area contributed by atoms with Gasteiger partial charge in [0.1, 0.15) is 6.04 Å². The molecule has 2 aromatic heterocycles. The van der Waals surface area contributed by atoms with Crippen LogP contribution in [0.5, 0.6) is 0 Å². The van der Waals surface area contributed by atoms with E-state index in [-0.39, 0.29) is 29.2 Å². The third-order valence-corrected chi connectivity index (χ3v) is 6.89. The summed E-state index contributed by atoms with van der Waals surface area (Å²) in [5.74, 6) is -0.0424. The molecule has 1 N–H and O–H groups in total. The van der Waals surface area contributed by atoms with Crippen molar-refractivity contribution in [1.82, 2.24) is 14.8 Å². The van der Waals surface area contributed by atoms with Crippen LogP contribution in [0.2, 0.25) is 0 Å². The fraction of sp³-hybridized carbons (Fsp3) is 0.476. The highest BCUT2D eigenvalue weighted by molar-refractivity contribution is 7.11. The van der Waals surface area contributed by atoms with Crippen LogP contribution >= 0.6 is 11.3 Å². The van der Waals surface area contributed by atoms with Crippen LogP contribution in [0.1, 0.15) is 40.8 Å². The topological polar surface area (TPSA) is 71.4 Å². The van der Waals surface area contributed by atoms with E-state index in [1.807, 2.05) is 11.0 Å². The first kappa shape index (κ1) is 18.9. The van der Waals surface area contributed by atoms with Crippen LogP contribution in [0.25, 0.3) is 0 Å². The number of thiophene rings is 1. The normalized spacial score (nSPS) is 23.2. The van der Waals surface area contributed by atoms with Crippen LogP contribution in [0.15, 0.2) is 35.1 Å². The van der Waals surface area contributed by atoms with Crippen LogP contribution in [-0.4, -0.2) is 40.9 Å². The van der Waals surface area contributed by atoms with E-state index in [0.29, 0.717) is 19.6 Å². The van der Waals surface area contributed by atoms with Crippen molar-refractivity contribution >= 4 is 23.2 Å². The summed E-state index contributed by atoms with van der Waals surface area (Å²) in [6.45, 7) is 5.31. The van der Waals surface area contributed by atoms with E-state index in [9.17, 15) is 14.4 Å². The van der Waals surface area contributed by atoms with E-state index in [2.05, 4.69) is 24.4 Å². The molecule has 0 aromatic carbocycles. The summed E-state index contributed by atoms with van der Waals surface area (Å²) >= 11 is 1.73. The van der Waals surface area contributed by atoms with Gasteiger partial charge in [0.05, 0.1) is 0 Å². The van der Waals surface area contributed by atoms with Gasteiger partial charge in [-0.3, -0.25) is 19.0 Å². The van der Waals surface area contributed by atoms with E-state index in [4.69, 9.17) is 0 Å². The van der Waals surface area contributed by atoms with Gasteiger partial charge in [0.15, 0.2) is 0 Å². The highest BCUT2D eigenvalue weighted by Gasteiger charge is 2.44. The Morgan fingerprint density at radius 2 is 2.04 bits per heavy atom. The summed E-state index contributed by atoms with van der Waals surface area (Å²) in [7, 11) is 0. The zero-order chi connectivity index (χ0) is 19.8. The molecule has 4 rings (SSSR count). The molecule has 0 aliphatic carbocycles. The van der Waals surface area contributed by atoms with Gasteiger partial charge in [0.25, 0.3) is 5.56 Å². The molecule has 7 heteroatoms.